The lowest BCUT2D eigenvalue weighted by Crippen LogP contribution is -2.43. The molecule has 0 saturated carbocycles. The van der Waals surface area contributed by atoms with Crippen LogP contribution < -0.4 is 15.4 Å². The van der Waals surface area contributed by atoms with Gasteiger partial charge >= 0.3 is 0 Å². The van der Waals surface area contributed by atoms with Crippen molar-refractivity contribution in [1.29, 1.82) is 0 Å². The van der Waals surface area contributed by atoms with Crippen LogP contribution in [0, 0.1) is 0 Å². The van der Waals surface area contributed by atoms with Gasteiger partial charge in [-0.3, -0.25) is 4.99 Å². The minimum atomic E-state index is -3.63. The number of hydrogen-bond acceptors (Lipinski definition) is 3. The molecule has 0 aromatic heterocycles. The molecule has 0 amide bonds. The van der Waals surface area contributed by atoms with Crippen LogP contribution in [0.4, 0.5) is 0 Å². The molecule has 0 unspecified atom stereocenters. The average molecular weight is 559 g/mol. The van der Waals surface area contributed by atoms with Crippen LogP contribution in [-0.4, -0.2) is 33.5 Å². The van der Waals surface area contributed by atoms with Crippen molar-refractivity contribution in [3.63, 3.8) is 0 Å². The predicted molar refractivity (Wildman–Crippen MR) is 140 cm³/mol. The van der Waals surface area contributed by atoms with Crippen LogP contribution in [-0.2, 0) is 22.0 Å². The summed E-state index contributed by atoms with van der Waals surface area (Å²) < 4.78 is 28.3. The average Bonchev–Trinajstić information content (AvgIpc) is 2.67. The van der Waals surface area contributed by atoms with Crippen LogP contribution in [0.3, 0.4) is 0 Å². The molecule has 6 nitrogen and oxygen atoms in total. The Bertz CT molecular complexity index is 969. The Labute approximate surface area is 204 Å². The van der Waals surface area contributed by atoms with Crippen LogP contribution in [0.5, 0.6) is 0 Å². The van der Waals surface area contributed by atoms with Crippen LogP contribution in [0.2, 0.25) is 0 Å². The molecule has 0 heterocycles. The van der Waals surface area contributed by atoms with E-state index in [2.05, 4.69) is 46.3 Å². The van der Waals surface area contributed by atoms with Crippen molar-refractivity contribution in [2.75, 3.05) is 13.6 Å². The lowest BCUT2D eigenvalue weighted by Gasteiger charge is -2.27. The lowest BCUT2D eigenvalue weighted by molar-refractivity contribution is 0.491. The van der Waals surface area contributed by atoms with E-state index in [-0.39, 0.29) is 34.3 Å². The summed E-state index contributed by atoms with van der Waals surface area (Å²) in [6.45, 7) is 10.8. The van der Waals surface area contributed by atoms with E-state index in [4.69, 9.17) is 0 Å². The summed E-state index contributed by atoms with van der Waals surface area (Å²) in [5.74, 6) is 0.620. The SMILES string of the molecule is CN=C(NCc1ccccc1S(=O)(=O)NC(C)(C)C)NCC(C)(C)c1ccccc1.I. The summed E-state index contributed by atoms with van der Waals surface area (Å²) in [7, 11) is -1.92. The molecule has 0 spiro atoms. The van der Waals surface area contributed by atoms with Crippen molar-refractivity contribution in [1.82, 2.24) is 15.4 Å². The van der Waals surface area contributed by atoms with Crippen LogP contribution >= 0.6 is 24.0 Å². The number of nitrogens with zero attached hydrogens (tertiary/aromatic N) is 1. The zero-order valence-electron chi connectivity index (χ0n) is 19.2. The number of sulfonamides is 1. The first kappa shape index (κ1) is 27.4. The topological polar surface area (TPSA) is 82.6 Å². The third kappa shape index (κ3) is 8.42. The van der Waals surface area contributed by atoms with E-state index in [1.165, 1.54) is 5.56 Å². The molecule has 2 aromatic carbocycles. The van der Waals surface area contributed by atoms with Gasteiger partial charge in [0.25, 0.3) is 0 Å². The van der Waals surface area contributed by atoms with Crippen molar-refractivity contribution < 1.29 is 8.42 Å². The maximum atomic E-state index is 12.8. The first-order valence-electron chi connectivity index (χ1n) is 10.1. The van der Waals surface area contributed by atoms with Gasteiger partial charge in [-0.15, -0.1) is 24.0 Å². The molecule has 0 atom stereocenters. The normalized spacial score (nSPS) is 12.8. The Morgan fingerprint density at radius 3 is 2.06 bits per heavy atom. The first-order valence-corrected chi connectivity index (χ1v) is 11.5. The standard InChI is InChI=1S/C23H34N4O2S.HI/c1-22(2,3)27-30(28,29)20-15-11-10-12-18(20)16-25-21(24-6)26-17-23(4,5)19-13-8-7-9-14-19;/h7-15,27H,16-17H2,1-6H3,(H2,24,25,26);1H. The van der Waals surface area contributed by atoms with Crippen molar-refractivity contribution in [2.24, 2.45) is 4.99 Å². The Morgan fingerprint density at radius 1 is 0.903 bits per heavy atom. The summed E-state index contributed by atoms with van der Waals surface area (Å²) in [5, 5.41) is 6.58. The fraction of sp³-hybridized carbons (Fsp3) is 0.435. The number of guanidine groups is 1. The van der Waals surface area contributed by atoms with E-state index < -0.39 is 15.6 Å². The zero-order valence-corrected chi connectivity index (χ0v) is 22.3. The van der Waals surface area contributed by atoms with Crippen LogP contribution in [0.25, 0.3) is 0 Å². The van der Waals surface area contributed by atoms with Crippen LogP contribution in [0.1, 0.15) is 45.7 Å². The molecule has 2 rings (SSSR count). The molecule has 0 fully saturated rings. The van der Waals surface area contributed by atoms with Gasteiger partial charge in [-0.25, -0.2) is 13.1 Å². The number of halogens is 1. The molecule has 0 aliphatic carbocycles. The maximum Gasteiger partial charge on any atom is 0.241 e. The van der Waals surface area contributed by atoms with Gasteiger partial charge in [-0.2, -0.15) is 0 Å². The Hall–Kier alpha value is -1.65. The second-order valence-electron chi connectivity index (χ2n) is 8.99. The second-order valence-corrected chi connectivity index (χ2v) is 10.6. The molecule has 0 aliphatic heterocycles. The minimum absolute atomic E-state index is 0. The monoisotopic (exact) mass is 558 g/mol. The molecule has 8 heteroatoms. The highest BCUT2D eigenvalue weighted by molar-refractivity contribution is 14.0. The highest BCUT2D eigenvalue weighted by atomic mass is 127. The molecule has 2 aromatic rings. The summed E-state index contributed by atoms with van der Waals surface area (Å²) in [4.78, 5) is 4.55. The quantitative estimate of drug-likeness (QED) is 0.273. The zero-order chi connectivity index (χ0) is 22.4. The Kier molecular flexibility index (Phi) is 9.97. The number of benzene rings is 2. The van der Waals surface area contributed by atoms with Gasteiger partial charge in [0, 0.05) is 31.1 Å². The molecule has 0 saturated heterocycles. The van der Waals surface area contributed by atoms with Crippen LogP contribution in [0.15, 0.2) is 64.5 Å². The molecule has 0 aliphatic rings. The highest BCUT2D eigenvalue weighted by Crippen LogP contribution is 2.22. The van der Waals surface area contributed by atoms with Gasteiger partial charge < -0.3 is 10.6 Å². The predicted octanol–water partition coefficient (Wildman–Crippen LogP) is 4.02. The van der Waals surface area contributed by atoms with Gasteiger partial charge in [0.2, 0.25) is 10.0 Å². The fourth-order valence-electron chi connectivity index (χ4n) is 3.07. The largest absolute Gasteiger partial charge is 0.356 e. The summed E-state index contributed by atoms with van der Waals surface area (Å²) in [6, 6.07) is 17.3. The molecule has 3 N–H and O–H groups in total. The summed E-state index contributed by atoms with van der Waals surface area (Å²) >= 11 is 0. The molecule has 31 heavy (non-hydrogen) atoms. The highest BCUT2D eigenvalue weighted by Gasteiger charge is 2.24. The van der Waals surface area contributed by atoms with Crippen molar-refractivity contribution in [3.05, 3.63) is 65.7 Å². The third-order valence-electron chi connectivity index (χ3n) is 4.63. The van der Waals surface area contributed by atoms with Gasteiger partial charge in [-0.1, -0.05) is 62.4 Å². The first-order chi connectivity index (χ1) is 13.9. The fourth-order valence-corrected chi connectivity index (χ4v) is 4.73. The van der Waals surface area contributed by atoms with E-state index >= 15 is 0 Å². The molecule has 0 radical (unpaired) electrons. The molecule has 172 valence electrons. The van der Waals surface area contributed by atoms with Gasteiger partial charge in [0.1, 0.15) is 0 Å². The van der Waals surface area contributed by atoms with E-state index in [9.17, 15) is 8.42 Å². The van der Waals surface area contributed by atoms with E-state index in [0.717, 1.165) is 0 Å². The molecular formula is C23H35IN4O2S. The van der Waals surface area contributed by atoms with E-state index in [1.807, 2.05) is 51.1 Å². The minimum Gasteiger partial charge on any atom is -0.356 e. The van der Waals surface area contributed by atoms with E-state index in [0.29, 0.717) is 24.6 Å². The van der Waals surface area contributed by atoms with Crippen molar-refractivity contribution in [3.8, 4) is 0 Å². The lowest BCUT2D eigenvalue weighted by atomic mass is 9.85. The van der Waals surface area contributed by atoms with Crippen molar-refractivity contribution in [2.45, 2.75) is 57.0 Å². The van der Waals surface area contributed by atoms with Gasteiger partial charge in [-0.05, 0) is 38.0 Å². The summed E-state index contributed by atoms with van der Waals surface area (Å²) in [5.41, 5.74) is 1.27. The Morgan fingerprint density at radius 2 is 1.48 bits per heavy atom. The second kappa shape index (κ2) is 11.3. The number of nitrogens with one attached hydrogen (secondary N) is 3. The Balaban J connectivity index is 0.00000480. The number of aliphatic imine (C=N–C) groups is 1. The van der Waals surface area contributed by atoms with Gasteiger partial charge in [0.05, 0.1) is 4.90 Å². The third-order valence-corrected chi connectivity index (χ3v) is 6.48. The van der Waals surface area contributed by atoms with Crippen molar-refractivity contribution >= 4 is 40.0 Å². The van der Waals surface area contributed by atoms with Gasteiger partial charge in [0.15, 0.2) is 5.96 Å². The number of hydrogen-bond donors (Lipinski definition) is 3. The smallest absolute Gasteiger partial charge is 0.241 e. The maximum absolute atomic E-state index is 12.8. The molecule has 0 bridgehead atoms. The number of rotatable bonds is 7. The summed E-state index contributed by atoms with van der Waals surface area (Å²) in [6.07, 6.45) is 0. The van der Waals surface area contributed by atoms with E-state index in [1.54, 1.807) is 19.2 Å². The molecular weight excluding hydrogens is 523 g/mol.